The molecule has 2 atom stereocenters. The van der Waals surface area contributed by atoms with Crippen LogP contribution in [0.5, 0.6) is 17.4 Å². The van der Waals surface area contributed by atoms with Crippen molar-refractivity contribution in [2.75, 3.05) is 5.32 Å². The van der Waals surface area contributed by atoms with Gasteiger partial charge in [0.15, 0.2) is 22.8 Å². The van der Waals surface area contributed by atoms with E-state index in [-0.39, 0.29) is 40.6 Å². The van der Waals surface area contributed by atoms with E-state index in [0.717, 1.165) is 0 Å². The van der Waals surface area contributed by atoms with Gasteiger partial charge in [0.2, 0.25) is 5.88 Å². The van der Waals surface area contributed by atoms with Crippen LogP contribution in [0.1, 0.15) is 58.7 Å². The first-order valence-corrected chi connectivity index (χ1v) is 14.0. The van der Waals surface area contributed by atoms with Gasteiger partial charge in [-0.25, -0.2) is 14.5 Å². The molecule has 15 heteroatoms. The van der Waals surface area contributed by atoms with Gasteiger partial charge in [-0.1, -0.05) is 18.3 Å². The third-order valence-corrected chi connectivity index (χ3v) is 7.94. The van der Waals surface area contributed by atoms with Gasteiger partial charge in [-0.05, 0) is 68.7 Å². The van der Waals surface area contributed by atoms with Crippen molar-refractivity contribution in [1.82, 2.24) is 14.8 Å². The number of carboxylic acids is 1. The average molecular weight is 647 g/mol. The van der Waals surface area contributed by atoms with E-state index in [0.29, 0.717) is 29.8 Å². The number of aromatic carboxylic acids is 1. The molecule has 2 aliphatic rings. The van der Waals surface area contributed by atoms with Crippen molar-refractivity contribution in [3.63, 3.8) is 0 Å². The number of nitrogens with one attached hydrogen (secondary N) is 1. The summed E-state index contributed by atoms with van der Waals surface area (Å²) in [5.74, 6) is -1.51. The molecule has 0 fully saturated rings. The molecule has 0 saturated heterocycles. The molecule has 2 aromatic carbocycles. The first kappa shape index (κ1) is 30.2. The maximum Gasteiger partial charge on any atom is 0.586 e. The Labute approximate surface area is 257 Å². The van der Waals surface area contributed by atoms with Crippen molar-refractivity contribution in [3.05, 3.63) is 88.9 Å². The van der Waals surface area contributed by atoms with Crippen LogP contribution in [0.15, 0.2) is 60.8 Å². The number of thiocarbonyl (C=S) groups is 1. The molecule has 1 aliphatic carbocycles. The number of fused-ring (bicyclic) bond motifs is 2. The topological polar surface area (TPSA) is 108 Å². The van der Waals surface area contributed by atoms with E-state index >= 15 is 0 Å². The van der Waals surface area contributed by atoms with Gasteiger partial charge >= 0.3 is 18.4 Å². The zero-order chi connectivity index (χ0) is 32.1. The Balaban J connectivity index is 1.35. The third-order valence-electron chi connectivity index (χ3n) is 7.49. The summed E-state index contributed by atoms with van der Waals surface area (Å²) < 4.78 is 86.0. The van der Waals surface area contributed by atoms with Gasteiger partial charge in [0.1, 0.15) is 0 Å². The largest absolute Gasteiger partial charge is 0.586 e. The summed E-state index contributed by atoms with van der Waals surface area (Å²) in [6, 6.07) is 12.2. The summed E-state index contributed by atoms with van der Waals surface area (Å²) in [6.45, 7) is 1.57. The summed E-state index contributed by atoms with van der Waals surface area (Å²) in [5.41, 5.74) is -0.917. The fourth-order valence-electron chi connectivity index (χ4n) is 5.38. The average Bonchev–Trinajstić information content (AvgIpc) is 3.54. The first-order chi connectivity index (χ1) is 21.3. The quantitative estimate of drug-likeness (QED) is 0.153. The van der Waals surface area contributed by atoms with Gasteiger partial charge in [-0.15, -0.1) is 8.78 Å². The number of hydrogen-bond donors (Lipinski definition) is 2. The lowest BCUT2D eigenvalue weighted by atomic mass is 9.91. The number of pyridine rings is 1. The summed E-state index contributed by atoms with van der Waals surface area (Å²) in [5, 5.41) is 17.7. The monoisotopic (exact) mass is 646 g/mol. The molecule has 9 nitrogen and oxygen atoms in total. The smallest absolute Gasteiger partial charge is 0.478 e. The van der Waals surface area contributed by atoms with E-state index in [2.05, 4.69) is 24.9 Å². The van der Waals surface area contributed by atoms with Crippen molar-refractivity contribution < 1.29 is 46.1 Å². The first-order valence-electron chi connectivity index (χ1n) is 13.6. The molecule has 0 saturated carbocycles. The molecule has 45 heavy (non-hydrogen) atoms. The number of anilines is 1. The van der Waals surface area contributed by atoms with E-state index < -0.39 is 35.8 Å². The van der Waals surface area contributed by atoms with Crippen molar-refractivity contribution >= 4 is 29.2 Å². The molecule has 0 radical (unpaired) electrons. The lowest BCUT2D eigenvalue weighted by Crippen LogP contribution is -2.31. The zero-order valence-corrected chi connectivity index (χ0v) is 24.1. The highest BCUT2D eigenvalue weighted by Crippen LogP contribution is 2.44. The number of carboxylic acid groups (broad SMARTS) is 1. The molecule has 0 unspecified atom stereocenters. The number of alkyl halides is 5. The van der Waals surface area contributed by atoms with Crippen LogP contribution >= 0.6 is 12.2 Å². The molecule has 3 heterocycles. The number of hydrogen-bond acceptors (Lipinski definition) is 8. The van der Waals surface area contributed by atoms with E-state index in [1.807, 2.05) is 0 Å². The Bertz CT molecular complexity index is 1800. The SMILES string of the molecule is C[C@@](C=S)(Oc1cc(-n2nc(C(F)(F)F)c3c2[C@@H](Nc2ccc(C(=O)O)cc2)CCC3)ccn1)c1ccc2c(c1)OC(F)(F)O2. The number of carbonyl (C=O) groups is 1. The van der Waals surface area contributed by atoms with E-state index in [1.165, 1.54) is 58.7 Å². The minimum Gasteiger partial charge on any atom is -0.478 e. The van der Waals surface area contributed by atoms with Gasteiger partial charge in [0.05, 0.1) is 23.0 Å². The molecule has 1 aliphatic heterocycles. The van der Waals surface area contributed by atoms with Crippen molar-refractivity contribution in [3.8, 4) is 23.1 Å². The van der Waals surface area contributed by atoms with Crippen molar-refractivity contribution in [2.24, 2.45) is 0 Å². The number of halogens is 5. The van der Waals surface area contributed by atoms with Crippen LogP contribution in [0.2, 0.25) is 0 Å². The summed E-state index contributed by atoms with van der Waals surface area (Å²) in [4.78, 5) is 15.5. The van der Waals surface area contributed by atoms with E-state index in [4.69, 9.17) is 17.0 Å². The lowest BCUT2D eigenvalue weighted by Gasteiger charge is -2.28. The second-order valence-corrected chi connectivity index (χ2v) is 10.8. The maximum absolute atomic E-state index is 14.2. The highest BCUT2D eigenvalue weighted by atomic mass is 32.1. The van der Waals surface area contributed by atoms with Gasteiger partial charge in [0.25, 0.3) is 0 Å². The number of nitrogens with zero attached hydrogens (tertiary/aromatic N) is 3. The number of benzene rings is 2. The van der Waals surface area contributed by atoms with Gasteiger partial charge in [-0.3, -0.25) is 0 Å². The number of rotatable bonds is 8. The number of ether oxygens (including phenoxy) is 3. The Morgan fingerprint density at radius 3 is 2.56 bits per heavy atom. The normalized spacial score (nSPS) is 18.0. The van der Waals surface area contributed by atoms with Gasteiger partial charge in [-0.2, -0.15) is 18.3 Å². The fraction of sp³-hybridized carbons (Fsp3) is 0.267. The second kappa shape index (κ2) is 11.0. The van der Waals surface area contributed by atoms with Crippen LogP contribution in [-0.4, -0.2) is 37.5 Å². The minimum atomic E-state index is -4.72. The number of aromatic nitrogens is 3. The van der Waals surface area contributed by atoms with E-state index in [1.54, 1.807) is 19.1 Å². The van der Waals surface area contributed by atoms with Gasteiger partial charge < -0.3 is 24.6 Å². The highest BCUT2D eigenvalue weighted by molar-refractivity contribution is 7.79. The van der Waals surface area contributed by atoms with Crippen molar-refractivity contribution in [2.45, 2.75) is 50.3 Å². The molecule has 0 spiro atoms. The standard InChI is InChI=1S/C30H23F5N4O5S/c1-28(15-45,17-7-10-22-23(13-17)43-30(34,35)42-22)44-24-14-19(11-12-36-24)39-25-20(26(38-39)29(31,32)33)3-2-4-21(25)37-18-8-5-16(6-9-18)27(40)41/h5-15,21,37H,2-4H2,1H3,(H,40,41)/t21-,28-/m0/s1. The molecular formula is C30H23F5N4O5S. The molecule has 0 bridgehead atoms. The molecule has 2 aromatic heterocycles. The lowest BCUT2D eigenvalue weighted by molar-refractivity contribution is -0.286. The highest BCUT2D eigenvalue weighted by Gasteiger charge is 2.45. The molecule has 234 valence electrons. The Morgan fingerprint density at radius 2 is 1.87 bits per heavy atom. The van der Waals surface area contributed by atoms with Crippen LogP contribution in [0, 0.1) is 0 Å². The second-order valence-electron chi connectivity index (χ2n) is 10.6. The Kier molecular flexibility index (Phi) is 7.38. The van der Waals surface area contributed by atoms with Crippen LogP contribution in [0.3, 0.4) is 0 Å². The van der Waals surface area contributed by atoms with Crippen LogP contribution < -0.4 is 19.5 Å². The fourth-order valence-corrected chi connectivity index (χ4v) is 5.56. The summed E-state index contributed by atoms with van der Waals surface area (Å²) in [7, 11) is 0. The van der Waals surface area contributed by atoms with Crippen LogP contribution in [0.4, 0.5) is 27.6 Å². The molecule has 6 rings (SSSR count). The predicted octanol–water partition coefficient (Wildman–Crippen LogP) is 7.09. The molecular weight excluding hydrogens is 623 g/mol. The Hall–Kier alpha value is -4.79. The van der Waals surface area contributed by atoms with Gasteiger partial charge in [0, 0.05) is 34.4 Å². The predicted molar refractivity (Wildman–Crippen MR) is 153 cm³/mol. The molecule has 4 aromatic rings. The van der Waals surface area contributed by atoms with Crippen LogP contribution in [0.25, 0.3) is 5.69 Å². The molecule has 2 N–H and O–H groups in total. The molecule has 0 amide bonds. The zero-order valence-electron chi connectivity index (χ0n) is 23.3. The Morgan fingerprint density at radius 1 is 1.13 bits per heavy atom. The minimum absolute atomic E-state index is 0.0264. The maximum atomic E-state index is 14.2. The van der Waals surface area contributed by atoms with Crippen molar-refractivity contribution in [1.29, 1.82) is 0 Å². The summed E-state index contributed by atoms with van der Waals surface area (Å²) in [6.07, 6.45) is -6.10. The summed E-state index contributed by atoms with van der Waals surface area (Å²) >= 11 is 5.21. The third kappa shape index (κ3) is 5.87. The van der Waals surface area contributed by atoms with Crippen LogP contribution in [-0.2, 0) is 18.2 Å². The van der Waals surface area contributed by atoms with E-state index in [9.17, 15) is 31.9 Å².